The van der Waals surface area contributed by atoms with Crippen molar-refractivity contribution in [2.24, 2.45) is 0 Å². The van der Waals surface area contributed by atoms with E-state index in [0.29, 0.717) is 24.4 Å². The first-order valence-electron chi connectivity index (χ1n) is 11.8. The summed E-state index contributed by atoms with van der Waals surface area (Å²) in [5, 5.41) is 0. The van der Waals surface area contributed by atoms with Crippen LogP contribution in [0.25, 0.3) is 0 Å². The van der Waals surface area contributed by atoms with Gasteiger partial charge >= 0.3 is 0 Å². The van der Waals surface area contributed by atoms with Crippen LogP contribution in [0.3, 0.4) is 0 Å². The number of nitrogens with zero attached hydrogens (tertiary/aromatic N) is 2. The van der Waals surface area contributed by atoms with Gasteiger partial charge in [-0.3, -0.25) is 4.90 Å². The molecule has 2 saturated heterocycles. The second-order valence-electron chi connectivity index (χ2n) is 8.72. The van der Waals surface area contributed by atoms with Crippen LogP contribution in [0, 0.1) is 5.82 Å². The highest BCUT2D eigenvalue weighted by atomic mass is 19.1. The molecule has 0 aliphatic carbocycles. The molecule has 2 fully saturated rings. The molecular formula is C26H35FN2O3. The van der Waals surface area contributed by atoms with Crippen LogP contribution in [-0.2, 0) is 0 Å². The number of hydrogen-bond donors (Lipinski definition) is 0. The van der Waals surface area contributed by atoms with E-state index >= 15 is 0 Å². The largest absolute Gasteiger partial charge is 0.494 e. The van der Waals surface area contributed by atoms with Crippen LogP contribution in [-0.4, -0.2) is 51.4 Å². The highest BCUT2D eigenvalue weighted by Crippen LogP contribution is 2.40. The van der Waals surface area contributed by atoms with Crippen molar-refractivity contribution < 1.29 is 18.6 Å². The van der Waals surface area contributed by atoms with Gasteiger partial charge in [-0.1, -0.05) is 19.4 Å². The molecule has 1 unspecified atom stereocenters. The van der Waals surface area contributed by atoms with Gasteiger partial charge in [0.2, 0.25) is 0 Å². The molecule has 2 aliphatic heterocycles. The Kier molecular flexibility index (Phi) is 7.40. The molecule has 0 saturated carbocycles. The molecule has 0 spiro atoms. The van der Waals surface area contributed by atoms with Gasteiger partial charge in [0.05, 0.1) is 20.8 Å². The number of methoxy groups -OCH3 is 2. The van der Waals surface area contributed by atoms with E-state index in [1.807, 2.05) is 12.1 Å². The second kappa shape index (κ2) is 10.4. The van der Waals surface area contributed by atoms with Gasteiger partial charge in [0.1, 0.15) is 0 Å². The zero-order valence-electron chi connectivity index (χ0n) is 19.5. The molecule has 2 aliphatic rings. The number of anilines is 1. The molecule has 0 amide bonds. The summed E-state index contributed by atoms with van der Waals surface area (Å²) in [5.41, 5.74) is 2.33. The maximum atomic E-state index is 13.9. The second-order valence-corrected chi connectivity index (χ2v) is 8.72. The quantitative estimate of drug-likeness (QED) is 0.509. The Bertz CT molecular complexity index is 907. The number of ether oxygens (including phenoxy) is 3. The number of fused-ring (bicyclic) bond motifs is 1. The van der Waals surface area contributed by atoms with Gasteiger partial charge in [-0.25, -0.2) is 4.39 Å². The third-order valence-electron chi connectivity index (χ3n) is 6.77. The minimum absolute atomic E-state index is 0.305. The first-order valence-corrected chi connectivity index (χ1v) is 11.8. The zero-order chi connectivity index (χ0) is 22.5. The SMILES string of the molecule is CCCCOc1ccc([C@H]2CCCC3CN(c4ccc(F)c(OC)c4)CCN32)cc1OC. The fraction of sp³-hybridized carbons (Fsp3) is 0.538. The van der Waals surface area contributed by atoms with Gasteiger partial charge in [0, 0.05) is 43.5 Å². The fourth-order valence-electron chi connectivity index (χ4n) is 5.02. The van der Waals surface area contributed by atoms with Crippen molar-refractivity contribution in [2.45, 2.75) is 51.1 Å². The minimum Gasteiger partial charge on any atom is -0.494 e. The third-order valence-corrected chi connectivity index (χ3v) is 6.77. The maximum absolute atomic E-state index is 13.9. The lowest BCUT2D eigenvalue weighted by Gasteiger charge is -2.49. The summed E-state index contributed by atoms with van der Waals surface area (Å²) >= 11 is 0. The Morgan fingerprint density at radius 2 is 1.81 bits per heavy atom. The van der Waals surface area contributed by atoms with Gasteiger partial charge < -0.3 is 19.1 Å². The van der Waals surface area contributed by atoms with Crippen molar-refractivity contribution in [3.8, 4) is 17.2 Å². The molecule has 174 valence electrons. The highest BCUT2D eigenvalue weighted by Gasteiger charge is 2.36. The molecule has 2 aromatic carbocycles. The van der Waals surface area contributed by atoms with Crippen molar-refractivity contribution in [3.05, 3.63) is 47.8 Å². The third kappa shape index (κ3) is 4.80. The molecule has 6 heteroatoms. The standard InChI is InChI=1S/C26H35FN2O3/c1-4-5-15-32-24-12-9-19(16-26(24)31-3)23-8-6-7-21-18-28(13-14-29(21)23)20-10-11-22(27)25(17-20)30-2/h9-12,16-17,21,23H,4-8,13-15,18H2,1-3H3/t21?,23-/m1/s1. The van der Waals surface area contributed by atoms with Gasteiger partial charge in [-0.15, -0.1) is 0 Å². The average molecular weight is 443 g/mol. The molecular weight excluding hydrogens is 407 g/mol. The number of unbranched alkanes of at least 4 members (excludes halogenated alkanes) is 1. The summed E-state index contributed by atoms with van der Waals surface area (Å²) in [5.74, 6) is 1.63. The predicted octanol–water partition coefficient (Wildman–Crippen LogP) is 5.44. The number of benzene rings is 2. The normalized spacial score (nSPS) is 21.2. The van der Waals surface area contributed by atoms with E-state index < -0.39 is 0 Å². The monoisotopic (exact) mass is 442 g/mol. The number of hydrogen-bond acceptors (Lipinski definition) is 5. The van der Waals surface area contributed by atoms with Crippen LogP contribution in [0.1, 0.15) is 50.6 Å². The van der Waals surface area contributed by atoms with Crippen molar-refractivity contribution in [1.29, 1.82) is 0 Å². The number of rotatable bonds is 8. The van der Waals surface area contributed by atoms with Gasteiger partial charge in [-0.2, -0.15) is 0 Å². The Hall–Kier alpha value is -2.47. The topological polar surface area (TPSA) is 34.2 Å². The van der Waals surface area contributed by atoms with Crippen LogP contribution in [0.15, 0.2) is 36.4 Å². The summed E-state index contributed by atoms with van der Waals surface area (Å²) in [7, 11) is 3.23. The molecule has 2 heterocycles. The van der Waals surface area contributed by atoms with Crippen molar-refractivity contribution in [2.75, 3.05) is 45.4 Å². The molecule has 2 aromatic rings. The van der Waals surface area contributed by atoms with Crippen LogP contribution < -0.4 is 19.1 Å². The molecule has 32 heavy (non-hydrogen) atoms. The molecule has 4 rings (SSSR count). The number of halogens is 1. The minimum atomic E-state index is -0.316. The summed E-state index contributed by atoms with van der Waals surface area (Å²) in [6, 6.07) is 12.5. The van der Waals surface area contributed by atoms with E-state index in [1.165, 1.54) is 31.6 Å². The molecule has 2 atom stereocenters. The van der Waals surface area contributed by atoms with Crippen LogP contribution in [0.2, 0.25) is 0 Å². The fourth-order valence-corrected chi connectivity index (χ4v) is 5.02. The average Bonchev–Trinajstić information content (AvgIpc) is 2.84. The number of piperidine rings is 1. The van der Waals surface area contributed by atoms with Gasteiger partial charge in [-0.05, 0) is 55.5 Å². The molecule has 0 radical (unpaired) electrons. The first-order chi connectivity index (χ1) is 15.6. The Labute approximate surface area is 191 Å². The smallest absolute Gasteiger partial charge is 0.165 e. The number of piperazine rings is 1. The van der Waals surface area contributed by atoms with Crippen LogP contribution in [0.5, 0.6) is 17.2 Å². The molecule has 0 N–H and O–H groups in total. The summed E-state index contributed by atoms with van der Waals surface area (Å²) in [4.78, 5) is 5.00. The van der Waals surface area contributed by atoms with E-state index in [2.05, 4.69) is 34.9 Å². The van der Waals surface area contributed by atoms with Crippen molar-refractivity contribution in [1.82, 2.24) is 4.90 Å². The van der Waals surface area contributed by atoms with E-state index in [-0.39, 0.29) is 5.82 Å². The Morgan fingerprint density at radius 3 is 2.59 bits per heavy atom. The molecule has 0 bridgehead atoms. The molecule has 0 aromatic heterocycles. The highest BCUT2D eigenvalue weighted by molar-refractivity contribution is 5.52. The Morgan fingerprint density at radius 1 is 0.969 bits per heavy atom. The lowest BCUT2D eigenvalue weighted by Crippen LogP contribution is -2.55. The van der Waals surface area contributed by atoms with E-state index in [0.717, 1.165) is 56.1 Å². The lowest BCUT2D eigenvalue weighted by molar-refractivity contribution is 0.0715. The van der Waals surface area contributed by atoms with Crippen molar-refractivity contribution >= 4 is 5.69 Å². The first kappa shape index (κ1) is 22.7. The van der Waals surface area contributed by atoms with E-state index in [4.69, 9.17) is 14.2 Å². The zero-order valence-corrected chi connectivity index (χ0v) is 19.5. The van der Waals surface area contributed by atoms with Crippen molar-refractivity contribution in [3.63, 3.8) is 0 Å². The van der Waals surface area contributed by atoms with E-state index in [9.17, 15) is 4.39 Å². The summed E-state index contributed by atoms with van der Waals surface area (Å²) in [6.45, 7) is 5.72. The summed E-state index contributed by atoms with van der Waals surface area (Å²) in [6.07, 6.45) is 5.68. The predicted molar refractivity (Wildman–Crippen MR) is 126 cm³/mol. The van der Waals surface area contributed by atoms with Crippen LogP contribution in [0.4, 0.5) is 10.1 Å². The van der Waals surface area contributed by atoms with Gasteiger partial charge in [0.25, 0.3) is 0 Å². The maximum Gasteiger partial charge on any atom is 0.165 e. The van der Waals surface area contributed by atoms with Crippen LogP contribution >= 0.6 is 0 Å². The Balaban J connectivity index is 1.48. The van der Waals surface area contributed by atoms with Gasteiger partial charge in [0.15, 0.2) is 23.1 Å². The van der Waals surface area contributed by atoms with E-state index in [1.54, 1.807) is 7.11 Å². The lowest BCUT2D eigenvalue weighted by atomic mass is 9.89. The summed E-state index contributed by atoms with van der Waals surface area (Å²) < 4.78 is 30.6. The molecule has 5 nitrogen and oxygen atoms in total.